The van der Waals surface area contributed by atoms with E-state index in [1.54, 1.807) is 18.2 Å². The number of nitrogens with zero attached hydrogens (tertiary/aromatic N) is 2. The van der Waals surface area contributed by atoms with E-state index in [1.807, 2.05) is 6.92 Å². The van der Waals surface area contributed by atoms with Gasteiger partial charge < -0.3 is 9.47 Å². The molecule has 2 atom stereocenters. The van der Waals surface area contributed by atoms with Gasteiger partial charge in [-0.1, -0.05) is 30.7 Å². The normalized spacial score (nSPS) is 18.7. The van der Waals surface area contributed by atoms with Crippen molar-refractivity contribution < 1.29 is 22.6 Å². The van der Waals surface area contributed by atoms with Crippen molar-refractivity contribution in [3.63, 3.8) is 0 Å². The van der Waals surface area contributed by atoms with Crippen molar-refractivity contribution in [3.8, 4) is 5.75 Å². The Morgan fingerprint density at radius 3 is 2.42 bits per heavy atom. The first kappa shape index (κ1) is 21.5. The van der Waals surface area contributed by atoms with Crippen LogP contribution in [0.25, 0.3) is 10.9 Å². The summed E-state index contributed by atoms with van der Waals surface area (Å²) in [5.74, 6) is -0.118. The molecule has 2 unspecified atom stereocenters. The molecule has 0 bridgehead atoms. The Bertz CT molecular complexity index is 1230. The van der Waals surface area contributed by atoms with Crippen LogP contribution >= 0.6 is 11.6 Å². The SMILES string of the molecule is CC1COC1Cn1c(=O)n(Cc2ccc(OC(F)(F)F)cc2)c(=O)c2ccc(Cl)cc21. The highest BCUT2D eigenvalue weighted by Gasteiger charge is 2.31. The number of alkyl halides is 3. The molecule has 10 heteroatoms. The van der Waals surface area contributed by atoms with Crippen molar-refractivity contribution in [2.24, 2.45) is 5.92 Å². The van der Waals surface area contributed by atoms with Crippen LogP contribution in [-0.4, -0.2) is 28.2 Å². The average molecular weight is 455 g/mol. The lowest BCUT2D eigenvalue weighted by Gasteiger charge is -2.34. The largest absolute Gasteiger partial charge is 0.573 e. The molecule has 2 aromatic carbocycles. The van der Waals surface area contributed by atoms with E-state index in [9.17, 15) is 22.8 Å². The molecule has 3 aromatic rings. The lowest BCUT2D eigenvalue weighted by atomic mass is 10.0. The monoisotopic (exact) mass is 454 g/mol. The molecule has 0 amide bonds. The van der Waals surface area contributed by atoms with Crippen molar-refractivity contribution in [3.05, 3.63) is 73.9 Å². The summed E-state index contributed by atoms with van der Waals surface area (Å²) in [7, 11) is 0. The van der Waals surface area contributed by atoms with Crippen LogP contribution in [0.5, 0.6) is 5.75 Å². The molecule has 1 aromatic heterocycles. The summed E-state index contributed by atoms with van der Waals surface area (Å²) in [5.41, 5.74) is -0.165. The van der Waals surface area contributed by atoms with Gasteiger partial charge in [0.1, 0.15) is 5.75 Å². The lowest BCUT2D eigenvalue weighted by Crippen LogP contribution is -2.46. The molecule has 1 fully saturated rings. The van der Waals surface area contributed by atoms with Gasteiger partial charge in [0.25, 0.3) is 5.56 Å². The van der Waals surface area contributed by atoms with E-state index in [-0.39, 0.29) is 30.9 Å². The molecule has 0 aliphatic carbocycles. The van der Waals surface area contributed by atoms with Crippen LogP contribution in [-0.2, 0) is 17.8 Å². The third-order valence-corrected chi connectivity index (χ3v) is 5.49. The molecule has 0 saturated carbocycles. The van der Waals surface area contributed by atoms with Crippen LogP contribution in [0.2, 0.25) is 5.02 Å². The minimum absolute atomic E-state index is 0.108. The summed E-state index contributed by atoms with van der Waals surface area (Å²) in [6.07, 6.45) is -4.96. The Labute approximate surface area is 179 Å². The summed E-state index contributed by atoms with van der Waals surface area (Å²) in [5, 5.41) is 0.702. The van der Waals surface area contributed by atoms with Gasteiger partial charge in [-0.25, -0.2) is 4.79 Å². The molecule has 2 heterocycles. The molecule has 0 spiro atoms. The summed E-state index contributed by atoms with van der Waals surface area (Å²) < 4.78 is 49.0. The molecule has 0 N–H and O–H groups in total. The molecule has 6 nitrogen and oxygen atoms in total. The van der Waals surface area contributed by atoms with Crippen molar-refractivity contribution in [1.82, 2.24) is 9.13 Å². The maximum Gasteiger partial charge on any atom is 0.573 e. The minimum atomic E-state index is -4.80. The fourth-order valence-electron chi connectivity index (χ4n) is 3.52. The third kappa shape index (κ3) is 4.47. The zero-order valence-corrected chi connectivity index (χ0v) is 17.1. The molecular weight excluding hydrogens is 437 g/mol. The first-order valence-corrected chi connectivity index (χ1v) is 9.89. The predicted octanol–water partition coefficient (Wildman–Crippen LogP) is 3.80. The Balaban J connectivity index is 1.74. The van der Waals surface area contributed by atoms with Gasteiger partial charge >= 0.3 is 12.1 Å². The van der Waals surface area contributed by atoms with E-state index >= 15 is 0 Å². The van der Waals surface area contributed by atoms with Crippen LogP contribution in [0.1, 0.15) is 12.5 Å². The fraction of sp³-hybridized carbons (Fsp3) is 0.333. The minimum Gasteiger partial charge on any atom is -0.406 e. The van der Waals surface area contributed by atoms with Gasteiger partial charge in [-0.3, -0.25) is 13.9 Å². The second-order valence-corrected chi connectivity index (χ2v) is 7.92. The van der Waals surface area contributed by atoms with E-state index in [0.717, 1.165) is 16.7 Å². The summed E-state index contributed by atoms with van der Waals surface area (Å²) in [4.78, 5) is 26.2. The average Bonchev–Trinajstić information content (AvgIpc) is 2.70. The number of ether oxygens (including phenoxy) is 2. The molecule has 4 rings (SSSR count). The van der Waals surface area contributed by atoms with Crippen LogP contribution in [0.15, 0.2) is 52.1 Å². The Hall–Kier alpha value is -2.78. The number of hydrogen-bond acceptors (Lipinski definition) is 4. The third-order valence-electron chi connectivity index (χ3n) is 5.26. The topological polar surface area (TPSA) is 62.5 Å². The van der Waals surface area contributed by atoms with Gasteiger partial charge in [0.05, 0.1) is 36.7 Å². The number of halogens is 4. The number of aromatic nitrogens is 2. The molecule has 31 heavy (non-hydrogen) atoms. The van der Waals surface area contributed by atoms with Crippen LogP contribution in [0, 0.1) is 5.92 Å². The summed E-state index contributed by atoms with van der Waals surface area (Å²) in [6.45, 7) is 2.76. The van der Waals surface area contributed by atoms with Crippen molar-refractivity contribution in [2.45, 2.75) is 32.5 Å². The highest BCUT2D eigenvalue weighted by Crippen LogP contribution is 2.24. The zero-order valence-electron chi connectivity index (χ0n) is 16.4. The highest BCUT2D eigenvalue weighted by atomic mass is 35.5. The van der Waals surface area contributed by atoms with E-state index in [4.69, 9.17) is 16.3 Å². The standard InChI is InChI=1S/C21H18ClF3N2O4/c1-12-11-30-18(12)10-26-17-8-14(22)4-7-16(17)19(28)27(20(26)29)9-13-2-5-15(6-3-13)31-21(23,24)25/h2-8,12,18H,9-11H2,1H3. The zero-order chi connectivity index (χ0) is 22.3. The molecule has 1 aliphatic heterocycles. The van der Waals surface area contributed by atoms with Gasteiger partial charge in [-0.15, -0.1) is 13.2 Å². The quantitative estimate of drug-likeness (QED) is 0.588. The second kappa shape index (κ2) is 8.05. The Kier molecular flexibility index (Phi) is 5.57. The maximum absolute atomic E-state index is 13.2. The molecule has 1 saturated heterocycles. The lowest BCUT2D eigenvalue weighted by molar-refractivity contribution is -0.274. The van der Waals surface area contributed by atoms with Crippen molar-refractivity contribution >= 4 is 22.5 Å². The van der Waals surface area contributed by atoms with Gasteiger partial charge in [0.2, 0.25) is 0 Å². The first-order chi connectivity index (χ1) is 14.6. The van der Waals surface area contributed by atoms with Gasteiger partial charge in [0.15, 0.2) is 0 Å². The number of benzene rings is 2. The Morgan fingerprint density at radius 1 is 1.13 bits per heavy atom. The van der Waals surface area contributed by atoms with Crippen LogP contribution in [0.3, 0.4) is 0 Å². The maximum atomic E-state index is 13.2. The van der Waals surface area contributed by atoms with E-state index < -0.39 is 17.6 Å². The van der Waals surface area contributed by atoms with Crippen molar-refractivity contribution in [2.75, 3.05) is 6.61 Å². The summed E-state index contributed by atoms with van der Waals surface area (Å²) in [6, 6.07) is 9.71. The second-order valence-electron chi connectivity index (χ2n) is 7.49. The van der Waals surface area contributed by atoms with Gasteiger partial charge in [0, 0.05) is 10.9 Å². The van der Waals surface area contributed by atoms with Crippen LogP contribution < -0.4 is 16.0 Å². The number of fused-ring (bicyclic) bond motifs is 1. The predicted molar refractivity (Wildman–Crippen MR) is 109 cm³/mol. The smallest absolute Gasteiger partial charge is 0.406 e. The molecular formula is C21H18ClF3N2O4. The fourth-order valence-corrected chi connectivity index (χ4v) is 3.69. The van der Waals surface area contributed by atoms with Crippen molar-refractivity contribution in [1.29, 1.82) is 0 Å². The number of rotatable bonds is 5. The number of hydrogen-bond donors (Lipinski definition) is 0. The highest BCUT2D eigenvalue weighted by molar-refractivity contribution is 6.31. The van der Waals surface area contributed by atoms with E-state index in [0.29, 0.717) is 28.1 Å². The first-order valence-electron chi connectivity index (χ1n) is 9.51. The van der Waals surface area contributed by atoms with Gasteiger partial charge in [-0.2, -0.15) is 0 Å². The van der Waals surface area contributed by atoms with Crippen LogP contribution in [0.4, 0.5) is 13.2 Å². The van der Waals surface area contributed by atoms with Gasteiger partial charge in [-0.05, 0) is 35.9 Å². The van der Waals surface area contributed by atoms with E-state index in [2.05, 4.69) is 4.74 Å². The molecule has 164 valence electrons. The molecule has 1 aliphatic rings. The van der Waals surface area contributed by atoms with E-state index in [1.165, 1.54) is 16.7 Å². The summed E-state index contributed by atoms with van der Waals surface area (Å²) >= 11 is 6.09. The Morgan fingerprint density at radius 2 is 1.84 bits per heavy atom. The molecule has 0 radical (unpaired) electrons.